The Balaban J connectivity index is 2.06. The molecule has 1 aromatic rings. The Morgan fingerprint density at radius 2 is 1.82 bits per heavy atom. The number of aliphatic hydroxyl groups excluding tert-OH is 2. The summed E-state index contributed by atoms with van der Waals surface area (Å²) in [5.74, 6) is -0.244. The molecule has 4 N–H and O–H groups in total. The normalized spacial score (nSPS) is 27.3. The second-order valence-electron chi connectivity index (χ2n) is 4.75. The van der Waals surface area contributed by atoms with Crippen LogP contribution in [0.3, 0.4) is 0 Å². The summed E-state index contributed by atoms with van der Waals surface area (Å²) >= 11 is 6.07. The summed E-state index contributed by atoms with van der Waals surface area (Å²) < 4.78 is 0. The van der Waals surface area contributed by atoms with Crippen LogP contribution in [-0.4, -0.2) is 28.5 Å². The van der Waals surface area contributed by atoms with Crippen LogP contribution in [0.15, 0.2) is 24.3 Å². The average molecular weight is 256 g/mol. The number of benzene rings is 1. The Bertz CT molecular complexity index is 375. The van der Waals surface area contributed by atoms with Gasteiger partial charge in [-0.05, 0) is 30.9 Å². The lowest BCUT2D eigenvalue weighted by Crippen LogP contribution is -2.42. The van der Waals surface area contributed by atoms with Crippen molar-refractivity contribution in [3.63, 3.8) is 0 Å². The highest BCUT2D eigenvalue weighted by Crippen LogP contribution is 2.30. The predicted octanol–water partition coefficient (Wildman–Crippen LogP) is 1.34. The molecule has 1 aliphatic rings. The molecular formula is C13H18ClNO2. The summed E-state index contributed by atoms with van der Waals surface area (Å²) in [5, 5.41) is 20.3. The van der Waals surface area contributed by atoms with Gasteiger partial charge < -0.3 is 15.9 Å². The molecule has 2 rings (SSSR count). The smallest absolute Gasteiger partial charge is 0.0609 e. The first kappa shape index (κ1) is 12.8. The fourth-order valence-electron chi connectivity index (χ4n) is 2.61. The molecule has 1 aliphatic carbocycles. The van der Waals surface area contributed by atoms with Crippen LogP contribution in [0.4, 0.5) is 0 Å². The fourth-order valence-corrected chi connectivity index (χ4v) is 2.82. The molecule has 0 heterocycles. The van der Waals surface area contributed by atoms with E-state index in [0.717, 1.165) is 5.56 Å². The predicted molar refractivity (Wildman–Crippen MR) is 67.9 cm³/mol. The van der Waals surface area contributed by atoms with Crippen molar-refractivity contribution < 1.29 is 10.2 Å². The zero-order valence-corrected chi connectivity index (χ0v) is 10.3. The zero-order chi connectivity index (χ0) is 12.4. The molecule has 0 bridgehead atoms. The Labute approximate surface area is 106 Å². The highest BCUT2D eigenvalue weighted by molar-refractivity contribution is 6.31. The number of halogens is 1. The molecule has 1 aromatic carbocycles. The van der Waals surface area contributed by atoms with Crippen molar-refractivity contribution >= 4 is 11.6 Å². The van der Waals surface area contributed by atoms with E-state index in [-0.39, 0.29) is 12.0 Å². The maximum absolute atomic E-state index is 9.80. The second-order valence-corrected chi connectivity index (χ2v) is 5.16. The highest BCUT2D eigenvalue weighted by atomic mass is 35.5. The van der Waals surface area contributed by atoms with Gasteiger partial charge in [0.15, 0.2) is 0 Å². The number of hydrogen-bond acceptors (Lipinski definition) is 3. The van der Waals surface area contributed by atoms with E-state index in [2.05, 4.69) is 0 Å². The molecule has 0 aliphatic heterocycles. The van der Waals surface area contributed by atoms with Gasteiger partial charge in [0.2, 0.25) is 0 Å². The van der Waals surface area contributed by atoms with Gasteiger partial charge in [-0.25, -0.2) is 0 Å². The topological polar surface area (TPSA) is 66.5 Å². The van der Waals surface area contributed by atoms with E-state index in [1.807, 2.05) is 24.3 Å². The lowest BCUT2D eigenvalue weighted by molar-refractivity contribution is 0.0503. The summed E-state index contributed by atoms with van der Waals surface area (Å²) in [6.45, 7) is 0. The molecule has 3 nitrogen and oxygen atoms in total. The van der Waals surface area contributed by atoms with Gasteiger partial charge in [0, 0.05) is 17.0 Å². The molecule has 0 radical (unpaired) electrons. The van der Waals surface area contributed by atoms with Gasteiger partial charge in [0.1, 0.15) is 0 Å². The molecule has 1 fully saturated rings. The SMILES string of the molecule is N[C@@H](Cc1ccccc1Cl)C1[C@@H](O)CC[C@@H]1O. The molecule has 0 unspecified atom stereocenters. The van der Waals surface area contributed by atoms with Gasteiger partial charge in [-0.3, -0.25) is 0 Å². The maximum Gasteiger partial charge on any atom is 0.0609 e. The second kappa shape index (κ2) is 5.36. The van der Waals surface area contributed by atoms with Crippen LogP contribution in [0.2, 0.25) is 5.02 Å². The fraction of sp³-hybridized carbons (Fsp3) is 0.538. The number of rotatable bonds is 3. The van der Waals surface area contributed by atoms with Crippen LogP contribution in [0.1, 0.15) is 18.4 Å². The van der Waals surface area contributed by atoms with Crippen molar-refractivity contribution in [1.29, 1.82) is 0 Å². The van der Waals surface area contributed by atoms with Crippen molar-refractivity contribution in [3.8, 4) is 0 Å². The molecule has 1 saturated carbocycles. The van der Waals surface area contributed by atoms with Gasteiger partial charge in [-0.1, -0.05) is 29.8 Å². The molecule has 0 amide bonds. The van der Waals surface area contributed by atoms with Crippen LogP contribution >= 0.6 is 11.6 Å². The van der Waals surface area contributed by atoms with Gasteiger partial charge in [0.05, 0.1) is 12.2 Å². The first-order valence-electron chi connectivity index (χ1n) is 5.94. The van der Waals surface area contributed by atoms with Gasteiger partial charge in [0.25, 0.3) is 0 Å². The van der Waals surface area contributed by atoms with E-state index < -0.39 is 12.2 Å². The largest absolute Gasteiger partial charge is 0.393 e. The van der Waals surface area contributed by atoms with Crippen molar-refractivity contribution in [2.45, 2.75) is 37.5 Å². The standard InChI is InChI=1S/C13H18ClNO2/c14-9-4-2-1-3-8(9)7-10(15)13-11(16)5-6-12(13)17/h1-4,10-13,16-17H,5-7,15H2/t10-,11-,12-/m0/s1. The van der Waals surface area contributed by atoms with E-state index in [1.54, 1.807) is 0 Å². The molecule has 17 heavy (non-hydrogen) atoms. The Kier molecular flexibility index (Phi) is 4.05. The van der Waals surface area contributed by atoms with E-state index >= 15 is 0 Å². The van der Waals surface area contributed by atoms with Crippen LogP contribution in [0.5, 0.6) is 0 Å². The minimum atomic E-state index is -0.498. The Morgan fingerprint density at radius 1 is 1.24 bits per heavy atom. The Morgan fingerprint density at radius 3 is 2.41 bits per heavy atom. The number of hydrogen-bond donors (Lipinski definition) is 3. The molecular weight excluding hydrogens is 238 g/mol. The van der Waals surface area contributed by atoms with Crippen LogP contribution < -0.4 is 5.73 Å². The molecule has 94 valence electrons. The minimum absolute atomic E-state index is 0.244. The summed E-state index contributed by atoms with van der Waals surface area (Å²) in [6.07, 6.45) is 0.840. The average Bonchev–Trinajstić information content (AvgIpc) is 2.62. The zero-order valence-electron chi connectivity index (χ0n) is 9.59. The minimum Gasteiger partial charge on any atom is -0.393 e. The first-order valence-corrected chi connectivity index (χ1v) is 6.32. The molecule has 3 atom stereocenters. The third-order valence-electron chi connectivity index (χ3n) is 3.55. The number of nitrogens with two attached hydrogens (primary N) is 1. The summed E-state index contributed by atoms with van der Waals surface area (Å²) in [4.78, 5) is 0. The van der Waals surface area contributed by atoms with Crippen LogP contribution in [-0.2, 0) is 6.42 Å². The molecule has 0 aromatic heterocycles. The quantitative estimate of drug-likeness (QED) is 0.764. The van der Waals surface area contributed by atoms with E-state index in [9.17, 15) is 10.2 Å². The van der Waals surface area contributed by atoms with Crippen LogP contribution in [0, 0.1) is 5.92 Å². The summed E-state index contributed by atoms with van der Waals surface area (Å²) in [5.41, 5.74) is 7.05. The van der Waals surface area contributed by atoms with Crippen molar-refractivity contribution in [2.24, 2.45) is 11.7 Å². The summed E-state index contributed by atoms with van der Waals surface area (Å²) in [6, 6.07) is 7.27. The third-order valence-corrected chi connectivity index (χ3v) is 3.92. The van der Waals surface area contributed by atoms with Gasteiger partial charge in [-0.15, -0.1) is 0 Å². The number of aliphatic hydroxyl groups is 2. The van der Waals surface area contributed by atoms with Gasteiger partial charge in [-0.2, -0.15) is 0 Å². The van der Waals surface area contributed by atoms with E-state index in [0.29, 0.717) is 24.3 Å². The summed E-state index contributed by atoms with van der Waals surface area (Å²) in [7, 11) is 0. The van der Waals surface area contributed by atoms with Crippen molar-refractivity contribution in [1.82, 2.24) is 0 Å². The lowest BCUT2D eigenvalue weighted by Gasteiger charge is -2.25. The van der Waals surface area contributed by atoms with E-state index in [4.69, 9.17) is 17.3 Å². The monoisotopic (exact) mass is 255 g/mol. The third kappa shape index (κ3) is 2.80. The molecule has 4 heteroatoms. The van der Waals surface area contributed by atoms with Crippen LogP contribution in [0.25, 0.3) is 0 Å². The van der Waals surface area contributed by atoms with Gasteiger partial charge >= 0.3 is 0 Å². The van der Waals surface area contributed by atoms with Crippen molar-refractivity contribution in [3.05, 3.63) is 34.9 Å². The molecule has 0 spiro atoms. The lowest BCUT2D eigenvalue weighted by atomic mass is 9.90. The first-order chi connectivity index (χ1) is 8.09. The highest BCUT2D eigenvalue weighted by Gasteiger charge is 2.37. The van der Waals surface area contributed by atoms with E-state index in [1.165, 1.54) is 0 Å². The Hall–Kier alpha value is -0.610. The van der Waals surface area contributed by atoms with Crippen molar-refractivity contribution in [2.75, 3.05) is 0 Å². The molecule has 0 saturated heterocycles. The maximum atomic E-state index is 9.80.